The first kappa shape index (κ1) is 25.8. The number of carbonyl (C=O) groups is 4. The SMILES string of the molecule is O=C1NC(=O)[C@H]2CC=C3[C@@H](C[C@H]4C(=O)C(c5ccccc5)=CC(=O)[C@@]4(c4ccccc4)[C@H]3c3cc(Br)ccc3O)[C@@H]12. The quantitative estimate of drug-likeness (QED) is 0.312. The predicted octanol–water partition coefficient (Wildman–Crippen LogP) is 5.27. The molecule has 1 heterocycles. The van der Waals surface area contributed by atoms with E-state index in [1.165, 1.54) is 6.08 Å². The van der Waals surface area contributed by atoms with Gasteiger partial charge in [0.1, 0.15) is 5.75 Å². The molecule has 0 aromatic heterocycles. The minimum Gasteiger partial charge on any atom is -0.508 e. The molecule has 0 spiro atoms. The van der Waals surface area contributed by atoms with Crippen molar-refractivity contribution in [3.63, 3.8) is 0 Å². The predicted molar refractivity (Wildman–Crippen MR) is 156 cm³/mol. The maximum Gasteiger partial charge on any atom is 0.231 e. The van der Waals surface area contributed by atoms with Crippen LogP contribution < -0.4 is 5.32 Å². The lowest BCUT2D eigenvalue weighted by Crippen LogP contribution is -2.58. The summed E-state index contributed by atoms with van der Waals surface area (Å²) in [6.07, 6.45) is 4.04. The van der Waals surface area contributed by atoms with E-state index in [0.717, 1.165) is 5.57 Å². The molecule has 6 atom stereocenters. The second-order valence-corrected chi connectivity index (χ2v) is 12.3. The van der Waals surface area contributed by atoms with E-state index in [1.807, 2.05) is 66.7 Å². The normalized spacial score (nSPS) is 30.5. The lowest BCUT2D eigenvalue weighted by molar-refractivity contribution is -0.135. The van der Waals surface area contributed by atoms with E-state index in [-0.39, 0.29) is 35.6 Å². The van der Waals surface area contributed by atoms with Crippen molar-refractivity contribution in [3.8, 4) is 5.75 Å². The van der Waals surface area contributed by atoms with Crippen molar-refractivity contribution in [2.75, 3.05) is 0 Å². The number of amides is 2. The molecule has 2 N–H and O–H groups in total. The molecular weight excluding hydrogens is 582 g/mol. The van der Waals surface area contributed by atoms with Gasteiger partial charge in [0.2, 0.25) is 11.8 Å². The van der Waals surface area contributed by atoms with Crippen LogP contribution in [0, 0.1) is 23.7 Å². The summed E-state index contributed by atoms with van der Waals surface area (Å²) in [5, 5.41) is 13.8. The van der Waals surface area contributed by atoms with Crippen LogP contribution in [-0.2, 0) is 24.6 Å². The topological polar surface area (TPSA) is 101 Å². The molecule has 3 aromatic rings. The second kappa shape index (κ2) is 9.48. The van der Waals surface area contributed by atoms with Crippen molar-refractivity contribution in [2.45, 2.75) is 24.2 Å². The van der Waals surface area contributed by atoms with Gasteiger partial charge in [-0.05, 0) is 54.2 Å². The fourth-order valence-electron chi connectivity index (χ4n) is 7.89. The summed E-state index contributed by atoms with van der Waals surface area (Å²) < 4.78 is 0.713. The molecule has 7 heteroatoms. The lowest BCUT2D eigenvalue weighted by Gasteiger charge is -2.55. The monoisotopic (exact) mass is 607 g/mol. The lowest BCUT2D eigenvalue weighted by atomic mass is 9.44. The number of phenolic OH excluding ortho intramolecular Hbond substituents is 1. The van der Waals surface area contributed by atoms with Crippen molar-refractivity contribution in [1.29, 1.82) is 0 Å². The van der Waals surface area contributed by atoms with E-state index in [4.69, 9.17) is 0 Å². The highest BCUT2D eigenvalue weighted by molar-refractivity contribution is 9.10. The molecular formula is C34H26BrNO5. The Morgan fingerprint density at radius 3 is 2.29 bits per heavy atom. The number of halogens is 1. The van der Waals surface area contributed by atoms with Gasteiger partial charge in [-0.1, -0.05) is 88.2 Å². The third-order valence-corrected chi connectivity index (χ3v) is 10.0. The molecule has 0 radical (unpaired) electrons. The van der Waals surface area contributed by atoms with Crippen LogP contribution in [0.2, 0.25) is 0 Å². The van der Waals surface area contributed by atoms with Crippen LogP contribution in [0.3, 0.4) is 0 Å². The highest BCUT2D eigenvalue weighted by Gasteiger charge is 2.65. The van der Waals surface area contributed by atoms with Crippen LogP contribution in [0.5, 0.6) is 5.75 Å². The van der Waals surface area contributed by atoms with Crippen molar-refractivity contribution < 1.29 is 24.3 Å². The number of aromatic hydroxyl groups is 1. The number of Topliss-reactive ketones (excluding diaryl/α,β-unsaturated/α-hetero) is 1. The molecule has 3 aliphatic carbocycles. The summed E-state index contributed by atoms with van der Waals surface area (Å²) in [5.74, 6) is -4.20. The van der Waals surface area contributed by atoms with Gasteiger partial charge in [-0.3, -0.25) is 24.5 Å². The molecule has 4 aliphatic rings. The van der Waals surface area contributed by atoms with Crippen molar-refractivity contribution in [1.82, 2.24) is 5.32 Å². The number of rotatable bonds is 3. The summed E-state index contributed by atoms with van der Waals surface area (Å²) >= 11 is 3.54. The van der Waals surface area contributed by atoms with Gasteiger partial charge in [-0.2, -0.15) is 0 Å². The smallest absolute Gasteiger partial charge is 0.231 e. The van der Waals surface area contributed by atoms with Gasteiger partial charge in [0, 0.05) is 27.4 Å². The van der Waals surface area contributed by atoms with Gasteiger partial charge in [0.25, 0.3) is 0 Å². The summed E-state index contributed by atoms with van der Waals surface area (Å²) in [4.78, 5) is 55.4. The highest BCUT2D eigenvalue weighted by Crippen LogP contribution is 2.64. The zero-order valence-corrected chi connectivity index (χ0v) is 23.5. The van der Waals surface area contributed by atoms with Crippen molar-refractivity contribution in [3.05, 3.63) is 118 Å². The average Bonchev–Trinajstić information content (AvgIpc) is 3.29. The molecule has 1 saturated heterocycles. The summed E-state index contributed by atoms with van der Waals surface area (Å²) in [5.41, 5.74) is 1.65. The third-order valence-electron chi connectivity index (χ3n) is 9.52. The van der Waals surface area contributed by atoms with Crippen LogP contribution in [0.25, 0.3) is 5.57 Å². The number of imide groups is 1. The number of nitrogens with one attached hydrogen (secondary N) is 1. The van der Waals surface area contributed by atoms with Crippen LogP contribution in [0.4, 0.5) is 0 Å². The number of carbonyl (C=O) groups excluding carboxylic acids is 4. The fourth-order valence-corrected chi connectivity index (χ4v) is 8.27. The highest BCUT2D eigenvalue weighted by atomic mass is 79.9. The van der Waals surface area contributed by atoms with Gasteiger partial charge < -0.3 is 5.11 Å². The molecule has 2 amide bonds. The Kier molecular flexibility index (Phi) is 5.98. The Balaban J connectivity index is 1.55. The largest absolute Gasteiger partial charge is 0.508 e. The fraction of sp³-hybridized carbons (Fsp3) is 0.235. The van der Waals surface area contributed by atoms with E-state index >= 15 is 0 Å². The molecule has 7 rings (SSSR count). The van der Waals surface area contributed by atoms with Crippen LogP contribution in [-0.4, -0.2) is 28.5 Å². The van der Waals surface area contributed by atoms with Crippen LogP contribution >= 0.6 is 15.9 Å². The van der Waals surface area contributed by atoms with Crippen molar-refractivity contribution >= 4 is 44.9 Å². The Morgan fingerprint density at radius 1 is 0.854 bits per heavy atom. The summed E-state index contributed by atoms with van der Waals surface area (Å²) in [6, 6.07) is 23.6. The van der Waals surface area contributed by atoms with Gasteiger partial charge in [0.15, 0.2) is 11.6 Å². The van der Waals surface area contributed by atoms with Gasteiger partial charge in [-0.15, -0.1) is 0 Å². The average molecular weight is 608 g/mol. The maximum atomic E-state index is 14.8. The first-order valence-electron chi connectivity index (χ1n) is 13.8. The number of phenols is 1. The first-order valence-corrected chi connectivity index (χ1v) is 14.6. The zero-order chi connectivity index (χ0) is 28.5. The van der Waals surface area contributed by atoms with Gasteiger partial charge in [-0.25, -0.2) is 0 Å². The second-order valence-electron chi connectivity index (χ2n) is 11.3. The zero-order valence-electron chi connectivity index (χ0n) is 21.9. The molecule has 6 nitrogen and oxygen atoms in total. The number of allylic oxidation sites excluding steroid dienone is 4. The number of fused-ring (bicyclic) bond motifs is 4. The Labute approximate surface area is 245 Å². The molecule has 1 saturated carbocycles. The molecule has 0 bridgehead atoms. The minimum absolute atomic E-state index is 0.000893. The first-order chi connectivity index (χ1) is 19.8. The van der Waals surface area contributed by atoms with E-state index in [2.05, 4.69) is 21.2 Å². The Morgan fingerprint density at radius 2 is 1.56 bits per heavy atom. The Hall–Kier alpha value is -4.10. The molecule has 1 aliphatic heterocycles. The van der Waals surface area contributed by atoms with Crippen LogP contribution in [0.1, 0.15) is 35.4 Å². The summed E-state index contributed by atoms with van der Waals surface area (Å²) in [6.45, 7) is 0. The van der Waals surface area contributed by atoms with Crippen LogP contribution in [0.15, 0.2) is 101 Å². The van der Waals surface area contributed by atoms with E-state index in [9.17, 15) is 24.3 Å². The number of benzene rings is 3. The number of hydrogen-bond donors (Lipinski definition) is 2. The molecule has 0 unspecified atom stereocenters. The molecule has 41 heavy (non-hydrogen) atoms. The third kappa shape index (κ3) is 3.68. The van der Waals surface area contributed by atoms with Gasteiger partial charge >= 0.3 is 0 Å². The van der Waals surface area contributed by atoms with Crippen molar-refractivity contribution in [2.24, 2.45) is 23.7 Å². The minimum atomic E-state index is -1.36. The maximum absolute atomic E-state index is 14.8. The standard InChI is InChI=1S/C34H26BrNO5/c35-20-11-14-27(37)25(15-20)30-21-12-13-22-29(33(41)36-32(22)40)24(21)16-26-31(39)23(18-7-3-1-4-8-18)17-28(38)34(26,30)19-9-5-2-6-10-19/h1-12,14-15,17,22,24,26,29-30,37H,13,16H2,(H,36,40,41)/t22-,24+,26-,29-,30+,34-/m0/s1. The number of ketones is 2. The molecule has 3 aromatic carbocycles. The van der Waals surface area contributed by atoms with E-state index < -0.39 is 35.0 Å². The van der Waals surface area contributed by atoms with Gasteiger partial charge in [0.05, 0.1) is 17.3 Å². The Bertz CT molecular complexity index is 1690. The molecule has 2 fully saturated rings. The summed E-state index contributed by atoms with van der Waals surface area (Å²) in [7, 11) is 0. The number of hydrogen-bond acceptors (Lipinski definition) is 5. The van der Waals surface area contributed by atoms with E-state index in [1.54, 1.807) is 18.2 Å². The molecule has 204 valence electrons. The van der Waals surface area contributed by atoms with E-state index in [0.29, 0.717) is 33.2 Å².